The van der Waals surface area contributed by atoms with E-state index >= 15 is 0 Å². The molecular weight excluding hydrogens is 745 g/mol. The highest BCUT2D eigenvalue weighted by molar-refractivity contribution is 6.34. The van der Waals surface area contributed by atoms with Crippen molar-refractivity contribution in [1.29, 1.82) is 0 Å². The van der Waals surface area contributed by atoms with Crippen molar-refractivity contribution >= 4 is 32.3 Å². The van der Waals surface area contributed by atoms with Crippen LogP contribution in [-0.4, -0.2) is 0 Å². The second-order valence-corrected chi connectivity index (χ2v) is 22.6. The van der Waals surface area contributed by atoms with Crippen molar-refractivity contribution in [3.63, 3.8) is 0 Å². The number of rotatable bonds is 4. The first-order chi connectivity index (χ1) is 28.9. The fourth-order valence-electron chi connectivity index (χ4n) is 9.88. The van der Waals surface area contributed by atoms with Crippen molar-refractivity contribution < 1.29 is 0 Å². The second-order valence-electron chi connectivity index (χ2n) is 22.6. The third kappa shape index (κ3) is 7.69. The van der Waals surface area contributed by atoms with E-state index in [-0.39, 0.29) is 21.7 Å². The molecule has 0 amide bonds. The lowest BCUT2D eigenvalue weighted by Gasteiger charge is -2.34. The Hall–Kier alpha value is -5.46. The molecule has 0 aliphatic rings. The number of aryl methyl sites for hydroxylation is 4. The SMILES string of the molecule is Cc1ccc(-c2c3cc(C(C)(C)C)c(C(C)(C)C)cc3c(-c3ccc(C)cc3)c3c(-c4ccc(C)cc4)c4cc(C(C)(C)C)c(C(C)(C)C)cc4c(-c4ccc(C)cc4)c23)cc1. The van der Waals surface area contributed by atoms with Crippen molar-refractivity contribution in [3.05, 3.63) is 166 Å². The van der Waals surface area contributed by atoms with Crippen LogP contribution in [0.1, 0.15) is 128 Å². The van der Waals surface area contributed by atoms with Gasteiger partial charge in [0.1, 0.15) is 0 Å². The van der Waals surface area contributed by atoms with Gasteiger partial charge in [-0.15, -0.1) is 0 Å². The molecule has 8 aromatic rings. The molecule has 0 heterocycles. The van der Waals surface area contributed by atoms with Gasteiger partial charge in [0.05, 0.1) is 0 Å². The van der Waals surface area contributed by atoms with Gasteiger partial charge in [-0.05, 0) is 173 Å². The van der Waals surface area contributed by atoms with Crippen LogP contribution in [0.3, 0.4) is 0 Å². The van der Waals surface area contributed by atoms with Crippen molar-refractivity contribution in [1.82, 2.24) is 0 Å². The molecule has 0 radical (unpaired) electrons. The fraction of sp³-hybridized carbons (Fsp3) is 0.323. The van der Waals surface area contributed by atoms with Gasteiger partial charge in [0.2, 0.25) is 0 Å². The van der Waals surface area contributed by atoms with Crippen LogP contribution in [0.15, 0.2) is 121 Å². The van der Waals surface area contributed by atoms with Gasteiger partial charge in [-0.1, -0.05) is 202 Å². The molecular formula is C62H68. The smallest absolute Gasteiger partial charge is 0.000139 e. The van der Waals surface area contributed by atoms with Crippen molar-refractivity contribution in [2.24, 2.45) is 0 Å². The Labute approximate surface area is 373 Å². The molecule has 0 aliphatic carbocycles. The topological polar surface area (TPSA) is 0 Å². The van der Waals surface area contributed by atoms with Crippen LogP contribution in [0.25, 0.3) is 76.8 Å². The van der Waals surface area contributed by atoms with Gasteiger partial charge in [-0.2, -0.15) is 0 Å². The number of hydrogen-bond donors (Lipinski definition) is 0. The summed E-state index contributed by atoms with van der Waals surface area (Å²) in [6.07, 6.45) is 0. The summed E-state index contributed by atoms with van der Waals surface area (Å²) in [4.78, 5) is 0. The van der Waals surface area contributed by atoms with E-state index in [1.165, 1.54) is 121 Å². The van der Waals surface area contributed by atoms with Gasteiger partial charge >= 0.3 is 0 Å². The Morgan fingerprint density at radius 1 is 0.242 bits per heavy atom. The minimum Gasteiger partial charge on any atom is -0.0587 e. The summed E-state index contributed by atoms with van der Waals surface area (Å²) in [6.45, 7) is 37.5. The molecule has 0 saturated carbocycles. The molecule has 0 nitrogen and oxygen atoms in total. The van der Waals surface area contributed by atoms with Gasteiger partial charge in [-0.3, -0.25) is 0 Å². The maximum Gasteiger partial charge on any atom is -0.000139 e. The minimum atomic E-state index is -0.0818. The maximum atomic E-state index is 2.60. The molecule has 62 heavy (non-hydrogen) atoms. The Kier molecular flexibility index (Phi) is 10.5. The third-order valence-corrected chi connectivity index (χ3v) is 13.2. The van der Waals surface area contributed by atoms with Crippen LogP contribution < -0.4 is 0 Å². The van der Waals surface area contributed by atoms with Gasteiger partial charge in [-0.25, -0.2) is 0 Å². The van der Waals surface area contributed by atoms with Crippen LogP contribution >= 0.6 is 0 Å². The van der Waals surface area contributed by atoms with E-state index in [0.29, 0.717) is 0 Å². The van der Waals surface area contributed by atoms with Crippen molar-refractivity contribution in [3.8, 4) is 44.5 Å². The first-order valence-electron chi connectivity index (χ1n) is 22.8. The molecule has 0 bridgehead atoms. The molecule has 0 aliphatic heterocycles. The van der Waals surface area contributed by atoms with E-state index in [9.17, 15) is 0 Å². The molecule has 316 valence electrons. The molecule has 0 unspecified atom stereocenters. The first-order valence-corrected chi connectivity index (χ1v) is 22.8. The van der Waals surface area contributed by atoms with E-state index in [4.69, 9.17) is 0 Å². The Morgan fingerprint density at radius 3 is 0.548 bits per heavy atom. The lowest BCUT2D eigenvalue weighted by Crippen LogP contribution is -2.22. The van der Waals surface area contributed by atoms with E-state index in [2.05, 4.69) is 232 Å². The number of fused-ring (bicyclic) bond motifs is 3. The van der Waals surface area contributed by atoms with E-state index < -0.39 is 0 Å². The summed E-state index contributed by atoms with van der Waals surface area (Å²) in [5.74, 6) is 0. The molecule has 0 fully saturated rings. The van der Waals surface area contributed by atoms with Crippen LogP contribution in [0, 0.1) is 27.7 Å². The maximum absolute atomic E-state index is 2.60. The van der Waals surface area contributed by atoms with Gasteiger partial charge < -0.3 is 0 Å². The van der Waals surface area contributed by atoms with Crippen LogP contribution in [0.4, 0.5) is 0 Å². The number of hydrogen-bond acceptors (Lipinski definition) is 0. The second kappa shape index (κ2) is 15.1. The Morgan fingerprint density at radius 2 is 0.403 bits per heavy atom. The third-order valence-electron chi connectivity index (χ3n) is 13.2. The predicted octanol–water partition coefficient (Wildman–Crippen LogP) is 18.2. The minimum absolute atomic E-state index is 0.0818. The molecule has 8 rings (SSSR count). The van der Waals surface area contributed by atoms with Crippen molar-refractivity contribution in [2.75, 3.05) is 0 Å². The van der Waals surface area contributed by atoms with Crippen LogP contribution in [-0.2, 0) is 21.7 Å². The summed E-state index contributed by atoms with van der Waals surface area (Å²) in [6, 6.07) is 47.8. The fourth-order valence-corrected chi connectivity index (χ4v) is 9.88. The van der Waals surface area contributed by atoms with E-state index in [0.717, 1.165) is 0 Å². The van der Waals surface area contributed by atoms with Gasteiger partial charge in [0, 0.05) is 0 Å². The molecule has 0 N–H and O–H groups in total. The zero-order chi connectivity index (χ0) is 44.8. The predicted molar refractivity (Wildman–Crippen MR) is 274 cm³/mol. The molecule has 0 atom stereocenters. The normalized spacial score (nSPS) is 12.8. The van der Waals surface area contributed by atoms with E-state index in [1.54, 1.807) is 0 Å². The zero-order valence-corrected chi connectivity index (χ0v) is 40.5. The average Bonchev–Trinajstić information content (AvgIpc) is 3.18. The lowest BCUT2D eigenvalue weighted by atomic mass is 9.70. The Balaban J connectivity index is 1.85. The quantitative estimate of drug-likeness (QED) is 0.155. The Bertz CT molecular complexity index is 2580. The van der Waals surface area contributed by atoms with E-state index in [1.807, 2.05) is 0 Å². The summed E-state index contributed by atoms with van der Waals surface area (Å²) in [5.41, 5.74) is 20.5. The molecule has 0 aromatic heterocycles. The number of benzene rings is 8. The monoisotopic (exact) mass is 813 g/mol. The van der Waals surface area contributed by atoms with Crippen LogP contribution in [0.5, 0.6) is 0 Å². The molecule has 0 heteroatoms. The summed E-state index contributed by atoms with van der Waals surface area (Å²) in [7, 11) is 0. The standard InChI is InChI=1S/C62H68/c1-37-17-25-41(26-18-37)53-45-33-49(59(5,6)7)50(60(8,9)10)34-46(45)55(43-29-21-39(3)22-30-43)58-56(44-31-23-40(4)24-32-44)48-36-52(62(14,15)16)51(61(11,12)13)35-47(48)54(57(53)58)42-27-19-38(2)20-28-42/h17-36H,1-16H3. The highest BCUT2D eigenvalue weighted by Gasteiger charge is 2.33. The zero-order valence-electron chi connectivity index (χ0n) is 40.5. The highest BCUT2D eigenvalue weighted by atomic mass is 14.4. The summed E-state index contributed by atoms with van der Waals surface area (Å²) < 4.78 is 0. The summed E-state index contributed by atoms with van der Waals surface area (Å²) in [5, 5.41) is 7.85. The largest absolute Gasteiger partial charge is 0.0587 e. The van der Waals surface area contributed by atoms with Gasteiger partial charge in [0.25, 0.3) is 0 Å². The highest BCUT2D eigenvalue weighted by Crippen LogP contribution is 2.56. The van der Waals surface area contributed by atoms with Crippen LogP contribution in [0.2, 0.25) is 0 Å². The first kappa shape index (κ1) is 43.2. The lowest BCUT2D eigenvalue weighted by molar-refractivity contribution is 0.531. The van der Waals surface area contributed by atoms with Gasteiger partial charge in [0.15, 0.2) is 0 Å². The molecule has 0 saturated heterocycles. The van der Waals surface area contributed by atoms with Crippen molar-refractivity contribution in [2.45, 2.75) is 132 Å². The molecule has 8 aromatic carbocycles. The summed E-state index contributed by atoms with van der Waals surface area (Å²) >= 11 is 0. The molecule has 0 spiro atoms. The average molecular weight is 813 g/mol.